The number of aromatic carboxylic acids is 1. The van der Waals surface area contributed by atoms with E-state index in [2.05, 4.69) is 55.4 Å². The van der Waals surface area contributed by atoms with Crippen LogP contribution in [0.15, 0.2) is 29.3 Å². The van der Waals surface area contributed by atoms with E-state index >= 15 is 0 Å². The lowest BCUT2D eigenvalue weighted by atomic mass is 9.78. The summed E-state index contributed by atoms with van der Waals surface area (Å²) in [7, 11) is 0. The molecule has 0 spiro atoms. The third kappa shape index (κ3) is 6.68. The minimum absolute atomic E-state index is 0.0398. The van der Waals surface area contributed by atoms with Crippen molar-refractivity contribution in [2.45, 2.75) is 106 Å². The van der Waals surface area contributed by atoms with Gasteiger partial charge in [-0.2, -0.15) is 0 Å². The van der Waals surface area contributed by atoms with E-state index in [1.54, 1.807) is 12.1 Å². The molecule has 1 aliphatic heterocycles. The van der Waals surface area contributed by atoms with Crippen LogP contribution in [0, 0.1) is 17.3 Å². The van der Waals surface area contributed by atoms with Gasteiger partial charge in [0.15, 0.2) is 0 Å². The molecule has 1 heterocycles. The topological polar surface area (TPSA) is 70.0 Å². The zero-order chi connectivity index (χ0) is 25.0. The lowest BCUT2D eigenvalue weighted by Crippen LogP contribution is -2.47. The van der Waals surface area contributed by atoms with Gasteiger partial charge in [0, 0.05) is 0 Å². The Hall–Kier alpha value is -2.17. The van der Waals surface area contributed by atoms with Crippen LogP contribution in [-0.4, -0.2) is 33.3 Å². The Kier molecular flexibility index (Phi) is 8.89. The van der Waals surface area contributed by atoms with Crippen molar-refractivity contribution in [3.8, 4) is 0 Å². The number of aliphatic imine (C=N–C) groups is 1. The number of carboxylic acids is 1. The van der Waals surface area contributed by atoms with Crippen LogP contribution < -0.4 is 0 Å². The zero-order valence-corrected chi connectivity index (χ0v) is 21.9. The van der Waals surface area contributed by atoms with Crippen LogP contribution in [0.4, 0.5) is 0 Å². The summed E-state index contributed by atoms with van der Waals surface area (Å²) in [6.07, 6.45) is 5.34. The van der Waals surface area contributed by atoms with Crippen molar-refractivity contribution in [3.63, 3.8) is 0 Å². The number of amides is 1. The fraction of sp³-hybridized carbons (Fsp3) is 0.679. The highest BCUT2D eigenvalue weighted by molar-refractivity contribution is 6.40. The molecule has 0 saturated heterocycles. The Labute approximate surface area is 200 Å². The van der Waals surface area contributed by atoms with Gasteiger partial charge in [-0.05, 0) is 67.6 Å². The molecular weight excluding hydrogens is 412 g/mol. The predicted octanol–water partition coefficient (Wildman–Crippen LogP) is 7.12. The van der Waals surface area contributed by atoms with Crippen LogP contribution in [0.3, 0.4) is 0 Å². The first-order valence-electron chi connectivity index (χ1n) is 12.6. The van der Waals surface area contributed by atoms with Crippen molar-refractivity contribution in [1.82, 2.24) is 4.90 Å². The maximum atomic E-state index is 13.8. The second-order valence-corrected chi connectivity index (χ2v) is 11.4. The minimum Gasteiger partial charge on any atom is -0.478 e. The number of carbonyl (C=O) groups excluding carboxylic acids is 1. The van der Waals surface area contributed by atoms with Gasteiger partial charge in [0.25, 0.3) is 5.91 Å². The minimum atomic E-state index is -0.938. The van der Waals surface area contributed by atoms with Gasteiger partial charge in [-0.3, -0.25) is 9.79 Å². The second kappa shape index (κ2) is 10.8. The number of benzene rings is 1. The van der Waals surface area contributed by atoms with E-state index in [1.807, 2.05) is 17.0 Å². The number of unbranched alkanes of at least 4 members (excludes halogenated alkanes) is 1. The molecule has 1 aromatic carbocycles. The van der Waals surface area contributed by atoms with Gasteiger partial charge < -0.3 is 10.0 Å². The van der Waals surface area contributed by atoms with Crippen molar-refractivity contribution in [2.75, 3.05) is 0 Å². The molecule has 5 nitrogen and oxygen atoms in total. The fourth-order valence-electron chi connectivity index (χ4n) is 4.54. The Bertz CT molecular complexity index is 851. The predicted molar refractivity (Wildman–Crippen MR) is 136 cm³/mol. The van der Waals surface area contributed by atoms with Gasteiger partial charge >= 0.3 is 5.97 Å². The molecule has 33 heavy (non-hydrogen) atoms. The standard InChI is InChI=1S/C28H44N2O3/c1-9-10-11-24(21-12-14-22(15-13-21)26(32)33)30-25(31)23(18-19(2)3)29-28(30,8)17-16-20(4)27(5,6)7/h12-15,19-20,24H,9-11,16-18H2,1-8H3,(H,32,33)/t20?,24-,28?/m1/s1. The van der Waals surface area contributed by atoms with Crippen LogP contribution in [0.2, 0.25) is 0 Å². The van der Waals surface area contributed by atoms with Crippen LogP contribution in [0.1, 0.15) is 116 Å². The summed E-state index contributed by atoms with van der Waals surface area (Å²) in [4.78, 5) is 32.2. The van der Waals surface area contributed by atoms with Crippen LogP contribution in [0.25, 0.3) is 0 Å². The molecule has 184 valence electrons. The molecule has 2 rings (SSSR count). The fourth-order valence-corrected chi connectivity index (χ4v) is 4.54. The van der Waals surface area contributed by atoms with E-state index < -0.39 is 11.6 Å². The molecule has 1 aliphatic rings. The highest BCUT2D eigenvalue weighted by atomic mass is 16.4. The summed E-state index contributed by atoms with van der Waals surface area (Å²) < 4.78 is 0. The molecule has 5 heteroatoms. The number of carboxylic acid groups (broad SMARTS) is 1. The summed E-state index contributed by atoms with van der Waals surface area (Å²) in [5, 5.41) is 9.32. The summed E-state index contributed by atoms with van der Waals surface area (Å²) in [5.74, 6) is -0.0422. The van der Waals surface area contributed by atoms with E-state index in [9.17, 15) is 14.7 Å². The van der Waals surface area contributed by atoms with E-state index in [0.717, 1.165) is 37.7 Å². The zero-order valence-electron chi connectivity index (χ0n) is 21.9. The first kappa shape index (κ1) is 27.1. The highest BCUT2D eigenvalue weighted by Gasteiger charge is 2.47. The maximum absolute atomic E-state index is 13.8. The van der Waals surface area contributed by atoms with E-state index in [-0.39, 0.29) is 22.9 Å². The molecular formula is C28H44N2O3. The van der Waals surface area contributed by atoms with E-state index in [4.69, 9.17) is 4.99 Å². The van der Waals surface area contributed by atoms with Gasteiger partial charge in [0.2, 0.25) is 0 Å². The quantitative estimate of drug-likeness (QED) is 0.385. The molecule has 0 aromatic heterocycles. The lowest BCUT2D eigenvalue weighted by Gasteiger charge is -2.41. The average molecular weight is 457 g/mol. The molecule has 1 N–H and O–H groups in total. The molecule has 3 atom stereocenters. The number of rotatable bonds is 11. The smallest absolute Gasteiger partial charge is 0.335 e. The van der Waals surface area contributed by atoms with Gasteiger partial charge in [-0.15, -0.1) is 0 Å². The Balaban J connectivity index is 2.47. The summed E-state index contributed by atoms with van der Waals surface area (Å²) in [6.45, 7) is 17.6. The van der Waals surface area contributed by atoms with E-state index in [1.165, 1.54) is 0 Å². The molecule has 2 unspecified atom stereocenters. The number of nitrogens with zero attached hydrogens (tertiary/aromatic N) is 2. The molecule has 1 amide bonds. The average Bonchev–Trinajstić information content (AvgIpc) is 2.96. The molecule has 0 radical (unpaired) electrons. The van der Waals surface area contributed by atoms with Gasteiger partial charge in [-0.1, -0.05) is 73.4 Å². The monoisotopic (exact) mass is 456 g/mol. The molecule has 0 bridgehead atoms. The third-order valence-electron chi connectivity index (χ3n) is 7.18. The van der Waals surface area contributed by atoms with Crippen molar-refractivity contribution in [2.24, 2.45) is 22.2 Å². The van der Waals surface area contributed by atoms with Gasteiger partial charge in [-0.25, -0.2) is 4.79 Å². The first-order chi connectivity index (χ1) is 15.3. The first-order valence-corrected chi connectivity index (χ1v) is 12.6. The second-order valence-electron chi connectivity index (χ2n) is 11.4. The number of carbonyl (C=O) groups is 2. The molecule has 1 aromatic rings. The molecule has 0 saturated carbocycles. The maximum Gasteiger partial charge on any atom is 0.335 e. The number of hydrogen-bond acceptors (Lipinski definition) is 3. The largest absolute Gasteiger partial charge is 0.478 e. The van der Waals surface area contributed by atoms with Gasteiger partial charge in [0.1, 0.15) is 11.4 Å². The Morgan fingerprint density at radius 2 is 1.73 bits per heavy atom. The van der Waals surface area contributed by atoms with Crippen LogP contribution in [0.5, 0.6) is 0 Å². The summed E-state index contributed by atoms with van der Waals surface area (Å²) in [6, 6.07) is 6.91. The molecule has 0 aliphatic carbocycles. The van der Waals surface area contributed by atoms with Crippen molar-refractivity contribution in [3.05, 3.63) is 35.4 Å². The summed E-state index contributed by atoms with van der Waals surface area (Å²) in [5.41, 5.74) is 1.53. The van der Waals surface area contributed by atoms with Crippen molar-refractivity contribution in [1.29, 1.82) is 0 Å². The van der Waals surface area contributed by atoms with Gasteiger partial charge in [0.05, 0.1) is 11.6 Å². The Morgan fingerprint density at radius 3 is 2.21 bits per heavy atom. The lowest BCUT2D eigenvalue weighted by molar-refractivity contribution is -0.131. The van der Waals surface area contributed by atoms with Crippen molar-refractivity contribution >= 4 is 17.6 Å². The summed E-state index contributed by atoms with van der Waals surface area (Å²) >= 11 is 0. The SMILES string of the molecule is CCCC[C@H](c1ccc(C(=O)O)cc1)N1C(=O)C(CC(C)C)=NC1(C)CCC(C)C(C)(C)C. The van der Waals surface area contributed by atoms with Crippen LogP contribution >= 0.6 is 0 Å². The van der Waals surface area contributed by atoms with Crippen LogP contribution in [-0.2, 0) is 4.79 Å². The third-order valence-corrected chi connectivity index (χ3v) is 7.18. The molecule has 0 fully saturated rings. The van der Waals surface area contributed by atoms with Crippen molar-refractivity contribution < 1.29 is 14.7 Å². The number of hydrogen-bond donors (Lipinski definition) is 1. The van der Waals surface area contributed by atoms with E-state index in [0.29, 0.717) is 24.0 Å². The highest BCUT2D eigenvalue weighted by Crippen LogP contribution is 2.42. The Morgan fingerprint density at radius 1 is 1.12 bits per heavy atom. The normalized spacial score (nSPS) is 20.8.